The number of fused-ring (bicyclic) bond motifs is 3. The van der Waals surface area contributed by atoms with E-state index in [1.807, 2.05) is 12.1 Å². The molecule has 130 valence electrons. The Kier molecular flexibility index (Phi) is 5.53. The second kappa shape index (κ2) is 7.81. The Morgan fingerprint density at radius 1 is 1.25 bits per heavy atom. The minimum atomic E-state index is -0.303. The topological polar surface area (TPSA) is 60.6 Å². The molecule has 24 heavy (non-hydrogen) atoms. The molecule has 0 radical (unpaired) electrons. The fourth-order valence-corrected chi connectivity index (χ4v) is 3.30. The van der Waals surface area contributed by atoms with Crippen LogP contribution in [-0.2, 0) is 27.1 Å². The van der Waals surface area contributed by atoms with E-state index >= 15 is 0 Å². The number of aromatic nitrogens is 1. The number of H-pyrrole nitrogens is 1. The van der Waals surface area contributed by atoms with Gasteiger partial charge in [0.1, 0.15) is 6.61 Å². The Hall–Kier alpha value is -1.85. The summed E-state index contributed by atoms with van der Waals surface area (Å²) in [5, 5.41) is 1.15. The van der Waals surface area contributed by atoms with Gasteiger partial charge in [0.25, 0.3) is 0 Å². The van der Waals surface area contributed by atoms with Gasteiger partial charge in [-0.1, -0.05) is 19.1 Å². The number of aryl methyl sites for hydroxylation is 1. The van der Waals surface area contributed by atoms with E-state index < -0.39 is 0 Å². The van der Waals surface area contributed by atoms with E-state index in [1.165, 1.54) is 17.7 Å². The van der Waals surface area contributed by atoms with Crippen LogP contribution in [0.2, 0.25) is 0 Å². The zero-order valence-electron chi connectivity index (χ0n) is 14.4. The predicted octanol–water partition coefficient (Wildman–Crippen LogP) is 3.11. The highest BCUT2D eigenvalue weighted by atomic mass is 16.6. The molecule has 0 saturated carbocycles. The van der Waals surface area contributed by atoms with Crippen molar-refractivity contribution < 1.29 is 19.0 Å². The number of ether oxygens (including phenoxy) is 3. The van der Waals surface area contributed by atoms with Crippen molar-refractivity contribution in [1.29, 1.82) is 0 Å². The third-order valence-electron chi connectivity index (χ3n) is 4.58. The summed E-state index contributed by atoms with van der Waals surface area (Å²) in [6, 6.07) is 5.84. The molecule has 0 bridgehead atoms. The van der Waals surface area contributed by atoms with Crippen molar-refractivity contribution in [3.8, 4) is 0 Å². The van der Waals surface area contributed by atoms with Crippen LogP contribution in [0, 0.1) is 5.92 Å². The summed E-state index contributed by atoms with van der Waals surface area (Å²) in [4.78, 5) is 15.9. The van der Waals surface area contributed by atoms with Crippen LogP contribution in [0.5, 0.6) is 0 Å². The molecule has 0 aliphatic heterocycles. The van der Waals surface area contributed by atoms with Crippen molar-refractivity contribution in [3.63, 3.8) is 0 Å². The van der Waals surface area contributed by atoms with Gasteiger partial charge in [-0.3, -0.25) is 0 Å². The first-order valence-corrected chi connectivity index (χ1v) is 8.57. The number of esters is 1. The highest BCUT2D eigenvalue weighted by Crippen LogP contribution is 2.33. The van der Waals surface area contributed by atoms with Gasteiger partial charge in [-0.15, -0.1) is 0 Å². The molecule has 5 heteroatoms. The van der Waals surface area contributed by atoms with Crippen molar-refractivity contribution in [1.82, 2.24) is 4.98 Å². The summed E-state index contributed by atoms with van der Waals surface area (Å²) in [5.74, 6) is 0.388. The summed E-state index contributed by atoms with van der Waals surface area (Å²) in [6.45, 7) is 3.95. The van der Waals surface area contributed by atoms with E-state index in [1.54, 1.807) is 7.11 Å². The minimum absolute atomic E-state index is 0.246. The third-order valence-corrected chi connectivity index (χ3v) is 4.58. The molecule has 0 saturated heterocycles. The smallest absolute Gasteiger partial charge is 0.340 e. The van der Waals surface area contributed by atoms with Crippen LogP contribution >= 0.6 is 0 Å². The van der Waals surface area contributed by atoms with Crippen LogP contribution < -0.4 is 0 Å². The first-order valence-electron chi connectivity index (χ1n) is 8.57. The second-order valence-corrected chi connectivity index (χ2v) is 6.40. The first kappa shape index (κ1) is 17.0. The maximum absolute atomic E-state index is 12.4. The lowest BCUT2D eigenvalue weighted by atomic mass is 9.87. The highest BCUT2D eigenvalue weighted by Gasteiger charge is 2.22. The number of aromatic amines is 1. The fourth-order valence-electron chi connectivity index (χ4n) is 3.30. The Morgan fingerprint density at radius 2 is 2.08 bits per heavy atom. The number of hydrogen-bond acceptors (Lipinski definition) is 4. The summed E-state index contributed by atoms with van der Waals surface area (Å²) in [5.41, 5.74) is 4.14. The Balaban J connectivity index is 1.69. The predicted molar refractivity (Wildman–Crippen MR) is 92.5 cm³/mol. The Labute approximate surface area is 142 Å². The molecule has 2 aromatic rings. The number of methoxy groups -OCH3 is 1. The van der Waals surface area contributed by atoms with E-state index in [0.717, 1.165) is 23.7 Å². The van der Waals surface area contributed by atoms with Gasteiger partial charge in [-0.05, 0) is 36.8 Å². The molecule has 0 spiro atoms. The van der Waals surface area contributed by atoms with Crippen molar-refractivity contribution in [2.75, 3.05) is 33.5 Å². The lowest BCUT2D eigenvalue weighted by molar-refractivity contribution is 0.0215. The fraction of sp³-hybridized carbons (Fsp3) is 0.526. The molecule has 1 aromatic carbocycles. The summed E-state index contributed by atoms with van der Waals surface area (Å²) < 4.78 is 15.6. The maximum atomic E-state index is 12.4. The quantitative estimate of drug-likeness (QED) is 0.625. The summed E-state index contributed by atoms with van der Waals surface area (Å²) >= 11 is 0. The Bertz CT molecular complexity index is 707. The number of carbonyl (C=O) groups is 1. The zero-order valence-corrected chi connectivity index (χ0v) is 14.4. The standard InChI is InChI=1S/C19H25NO4/c1-13-6-7-17-16(12-13)14-4-3-5-15(18(14)20-17)19(21)24-11-10-23-9-8-22-2/h3-5,13,20H,6-12H2,1-2H3. The van der Waals surface area contributed by atoms with Crippen molar-refractivity contribution >= 4 is 16.9 Å². The molecular formula is C19H25NO4. The lowest BCUT2D eigenvalue weighted by Crippen LogP contribution is -2.13. The molecule has 1 unspecified atom stereocenters. The molecular weight excluding hydrogens is 306 g/mol. The normalized spacial score (nSPS) is 17.0. The largest absolute Gasteiger partial charge is 0.460 e. The highest BCUT2D eigenvalue weighted by molar-refractivity contribution is 6.04. The molecule has 3 rings (SSSR count). The van der Waals surface area contributed by atoms with Gasteiger partial charge in [-0.25, -0.2) is 4.79 Å². The van der Waals surface area contributed by atoms with E-state index in [4.69, 9.17) is 14.2 Å². The van der Waals surface area contributed by atoms with Gasteiger partial charge in [0.2, 0.25) is 0 Å². The minimum Gasteiger partial charge on any atom is -0.460 e. The van der Waals surface area contributed by atoms with Crippen LogP contribution in [-0.4, -0.2) is 44.5 Å². The third kappa shape index (κ3) is 3.62. The van der Waals surface area contributed by atoms with Gasteiger partial charge in [0, 0.05) is 18.2 Å². The summed E-state index contributed by atoms with van der Waals surface area (Å²) in [7, 11) is 1.63. The summed E-state index contributed by atoms with van der Waals surface area (Å²) in [6.07, 6.45) is 3.31. The number of carbonyl (C=O) groups excluding carboxylic acids is 1. The van der Waals surface area contributed by atoms with E-state index in [0.29, 0.717) is 31.3 Å². The van der Waals surface area contributed by atoms with Crippen LogP contribution in [0.3, 0.4) is 0 Å². The van der Waals surface area contributed by atoms with Gasteiger partial charge in [-0.2, -0.15) is 0 Å². The van der Waals surface area contributed by atoms with Crippen molar-refractivity contribution in [3.05, 3.63) is 35.0 Å². The number of rotatable bonds is 7. The molecule has 1 heterocycles. The SMILES string of the molecule is COCCOCCOC(=O)c1cccc2c3c([nH]c12)CCC(C)C3. The van der Waals surface area contributed by atoms with Gasteiger partial charge >= 0.3 is 5.97 Å². The van der Waals surface area contributed by atoms with Gasteiger partial charge < -0.3 is 19.2 Å². The molecule has 1 atom stereocenters. The van der Waals surface area contributed by atoms with Crippen LogP contribution in [0.15, 0.2) is 18.2 Å². The van der Waals surface area contributed by atoms with Gasteiger partial charge in [0.05, 0.1) is 30.9 Å². The molecule has 1 aliphatic rings. The molecule has 1 aliphatic carbocycles. The number of para-hydroxylation sites is 1. The Morgan fingerprint density at radius 3 is 2.92 bits per heavy atom. The first-order chi connectivity index (χ1) is 11.7. The van der Waals surface area contributed by atoms with Crippen LogP contribution in [0.4, 0.5) is 0 Å². The number of hydrogen-bond donors (Lipinski definition) is 1. The van der Waals surface area contributed by atoms with Crippen molar-refractivity contribution in [2.45, 2.75) is 26.2 Å². The van der Waals surface area contributed by atoms with Crippen LogP contribution in [0.25, 0.3) is 10.9 Å². The van der Waals surface area contributed by atoms with Gasteiger partial charge in [0.15, 0.2) is 0 Å². The monoisotopic (exact) mass is 331 g/mol. The van der Waals surface area contributed by atoms with Crippen molar-refractivity contribution in [2.24, 2.45) is 5.92 Å². The molecule has 5 nitrogen and oxygen atoms in total. The number of benzene rings is 1. The maximum Gasteiger partial charge on any atom is 0.340 e. The average molecular weight is 331 g/mol. The molecule has 1 N–H and O–H groups in total. The van der Waals surface area contributed by atoms with E-state index in [-0.39, 0.29) is 12.6 Å². The van der Waals surface area contributed by atoms with E-state index in [2.05, 4.69) is 18.0 Å². The average Bonchev–Trinajstić information content (AvgIpc) is 2.95. The van der Waals surface area contributed by atoms with E-state index in [9.17, 15) is 4.79 Å². The number of nitrogens with one attached hydrogen (secondary N) is 1. The molecule has 1 aromatic heterocycles. The lowest BCUT2D eigenvalue weighted by Gasteiger charge is -2.17. The molecule has 0 fully saturated rings. The molecule has 0 amide bonds. The van der Waals surface area contributed by atoms with Crippen LogP contribution in [0.1, 0.15) is 35.0 Å². The zero-order chi connectivity index (χ0) is 16.9. The second-order valence-electron chi connectivity index (χ2n) is 6.40.